The lowest BCUT2D eigenvalue weighted by Crippen LogP contribution is -2.02. The van der Waals surface area contributed by atoms with E-state index in [4.69, 9.17) is 11.6 Å². The van der Waals surface area contributed by atoms with Crippen LogP contribution in [0.25, 0.3) is 0 Å². The highest BCUT2D eigenvalue weighted by molar-refractivity contribution is 6.30. The highest BCUT2D eigenvalue weighted by atomic mass is 35.5. The molecule has 0 fully saturated rings. The average molecular weight is 281 g/mol. The van der Waals surface area contributed by atoms with E-state index in [9.17, 15) is 13.6 Å². The van der Waals surface area contributed by atoms with Crippen LogP contribution in [0.2, 0.25) is 5.02 Å². The maximum absolute atomic E-state index is 13.0. The highest BCUT2D eigenvalue weighted by Gasteiger charge is 2.10. The second kappa shape index (κ2) is 5.93. The van der Waals surface area contributed by atoms with Gasteiger partial charge in [0.15, 0.2) is 17.4 Å². The first-order valence-electron chi connectivity index (χ1n) is 5.79. The molecule has 0 spiro atoms. The van der Waals surface area contributed by atoms with Gasteiger partial charge in [-0.1, -0.05) is 23.7 Å². The molecule has 0 atom stereocenters. The Kier molecular flexibility index (Phi) is 4.27. The number of ketones is 1. The molecule has 0 aliphatic heterocycles. The van der Waals surface area contributed by atoms with Crippen molar-refractivity contribution in [3.05, 3.63) is 70.2 Å². The quantitative estimate of drug-likeness (QED) is 0.757. The Bertz CT molecular complexity index is 611. The summed E-state index contributed by atoms with van der Waals surface area (Å²) in [6.45, 7) is 0. The molecule has 4 heteroatoms. The number of hydrogen-bond donors (Lipinski definition) is 0. The van der Waals surface area contributed by atoms with E-state index >= 15 is 0 Å². The minimum absolute atomic E-state index is 0.181. The van der Waals surface area contributed by atoms with Crippen LogP contribution in [0.3, 0.4) is 0 Å². The molecule has 0 amide bonds. The van der Waals surface area contributed by atoms with Gasteiger partial charge in [0, 0.05) is 17.0 Å². The van der Waals surface area contributed by atoms with Crippen LogP contribution in [0, 0.1) is 11.6 Å². The molecule has 2 aromatic rings. The van der Waals surface area contributed by atoms with E-state index in [1.54, 1.807) is 18.2 Å². The molecule has 0 heterocycles. The molecule has 0 unspecified atom stereocenters. The Balaban J connectivity index is 2.03. The molecule has 19 heavy (non-hydrogen) atoms. The third-order valence-electron chi connectivity index (χ3n) is 2.77. The van der Waals surface area contributed by atoms with E-state index in [1.807, 2.05) is 6.07 Å². The Labute approximate surface area is 114 Å². The monoisotopic (exact) mass is 280 g/mol. The number of halogens is 3. The Morgan fingerprint density at radius 3 is 2.53 bits per heavy atom. The number of Topliss-reactive ketones (excluding diaryl/α,β-unsaturated/α-hetero) is 1. The van der Waals surface area contributed by atoms with Gasteiger partial charge >= 0.3 is 0 Å². The number of hydrogen-bond acceptors (Lipinski definition) is 1. The highest BCUT2D eigenvalue weighted by Crippen LogP contribution is 2.15. The third-order valence-corrected chi connectivity index (χ3v) is 3.01. The smallest absolute Gasteiger partial charge is 0.163 e. The predicted octanol–water partition coefficient (Wildman–Crippen LogP) is 4.43. The molecule has 1 nitrogen and oxygen atoms in total. The summed E-state index contributed by atoms with van der Waals surface area (Å²) in [5.41, 5.74) is 1.12. The minimum atomic E-state index is -1.01. The van der Waals surface area contributed by atoms with Gasteiger partial charge in [-0.15, -0.1) is 0 Å². The molecule has 98 valence electrons. The van der Waals surface area contributed by atoms with Gasteiger partial charge in [-0.2, -0.15) is 0 Å². The largest absolute Gasteiger partial charge is 0.294 e. The molecule has 0 aliphatic carbocycles. The predicted molar refractivity (Wildman–Crippen MR) is 70.5 cm³/mol. The molecule has 2 aromatic carbocycles. The molecule has 0 aromatic heterocycles. The lowest BCUT2D eigenvalue weighted by molar-refractivity contribution is 0.0982. The van der Waals surface area contributed by atoms with Gasteiger partial charge in [0.2, 0.25) is 0 Å². The minimum Gasteiger partial charge on any atom is -0.294 e. The molecule has 0 saturated heterocycles. The summed E-state index contributed by atoms with van der Waals surface area (Å²) in [4.78, 5) is 11.8. The Morgan fingerprint density at radius 1 is 1.05 bits per heavy atom. The lowest BCUT2D eigenvalue weighted by atomic mass is 10.0. The van der Waals surface area contributed by atoms with Crippen molar-refractivity contribution >= 4 is 17.4 Å². The summed E-state index contributed by atoms with van der Waals surface area (Å²) < 4.78 is 25.8. The van der Waals surface area contributed by atoms with Gasteiger partial charge in [0.05, 0.1) is 0 Å². The van der Waals surface area contributed by atoms with Crippen LogP contribution >= 0.6 is 11.6 Å². The topological polar surface area (TPSA) is 17.1 Å². The summed E-state index contributed by atoms with van der Waals surface area (Å²) in [6.07, 6.45) is 0.740. The average Bonchev–Trinajstić information content (AvgIpc) is 2.39. The molecular weight excluding hydrogens is 270 g/mol. The second-order valence-electron chi connectivity index (χ2n) is 4.18. The van der Waals surface area contributed by atoms with Gasteiger partial charge in [-0.05, 0) is 42.3 Å². The van der Waals surface area contributed by atoms with Crippen LogP contribution in [-0.4, -0.2) is 5.78 Å². The number of rotatable bonds is 4. The lowest BCUT2D eigenvalue weighted by Gasteiger charge is -2.03. The van der Waals surface area contributed by atoms with E-state index in [0.29, 0.717) is 11.4 Å². The van der Waals surface area contributed by atoms with Crippen LogP contribution in [0.4, 0.5) is 8.78 Å². The van der Waals surface area contributed by atoms with Gasteiger partial charge in [-0.3, -0.25) is 4.79 Å². The van der Waals surface area contributed by atoms with Crippen molar-refractivity contribution in [1.29, 1.82) is 0 Å². The molecule has 0 saturated carbocycles. The van der Waals surface area contributed by atoms with E-state index < -0.39 is 11.6 Å². The van der Waals surface area contributed by atoms with Gasteiger partial charge in [0.25, 0.3) is 0 Å². The number of benzene rings is 2. The molecule has 0 bridgehead atoms. The first kappa shape index (κ1) is 13.7. The van der Waals surface area contributed by atoms with E-state index in [-0.39, 0.29) is 17.8 Å². The fourth-order valence-corrected chi connectivity index (χ4v) is 1.98. The fraction of sp³-hybridized carbons (Fsp3) is 0.133. The van der Waals surface area contributed by atoms with Crippen LogP contribution in [-0.2, 0) is 6.42 Å². The summed E-state index contributed by atoms with van der Waals surface area (Å²) in [7, 11) is 0. The van der Waals surface area contributed by atoms with Crippen LogP contribution in [0.1, 0.15) is 22.3 Å². The molecule has 0 N–H and O–H groups in total. The third kappa shape index (κ3) is 3.61. The van der Waals surface area contributed by atoms with Crippen molar-refractivity contribution in [3.8, 4) is 0 Å². The molecular formula is C15H11ClF2O. The van der Waals surface area contributed by atoms with Crippen molar-refractivity contribution in [2.75, 3.05) is 0 Å². The summed E-state index contributed by atoms with van der Waals surface area (Å²) in [6, 6.07) is 10.4. The van der Waals surface area contributed by atoms with E-state index in [1.165, 1.54) is 6.07 Å². The summed E-state index contributed by atoms with van der Waals surface area (Å²) in [5, 5.41) is 0.609. The first-order chi connectivity index (χ1) is 9.06. The maximum atomic E-state index is 13.0. The van der Waals surface area contributed by atoms with Crippen molar-refractivity contribution in [2.45, 2.75) is 12.8 Å². The van der Waals surface area contributed by atoms with Gasteiger partial charge in [-0.25, -0.2) is 8.78 Å². The molecule has 2 rings (SSSR count). The first-order valence-corrected chi connectivity index (χ1v) is 6.17. The number of aryl methyl sites for hydroxylation is 1. The van der Waals surface area contributed by atoms with Crippen molar-refractivity contribution in [2.24, 2.45) is 0 Å². The zero-order valence-electron chi connectivity index (χ0n) is 10.00. The van der Waals surface area contributed by atoms with Crippen molar-refractivity contribution in [3.63, 3.8) is 0 Å². The van der Waals surface area contributed by atoms with Crippen molar-refractivity contribution < 1.29 is 13.6 Å². The Morgan fingerprint density at radius 2 is 1.84 bits per heavy atom. The summed E-state index contributed by atoms with van der Waals surface area (Å²) in [5.74, 6) is -2.18. The summed E-state index contributed by atoms with van der Waals surface area (Å²) >= 11 is 5.84. The van der Waals surface area contributed by atoms with Crippen molar-refractivity contribution in [1.82, 2.24) is 0 Å². The number of carbonyl (C=O) groups is 1. The zero-order chi connectivity index (χ0) is 13.8. The van der Waals surface area contributed by atoms with Gasteiger partial charge < -0.3 is 0 Å². The van der Waals surface area contributed by atoms with Crippen LogP contribution in [0.15, 0.2) is 42.5 Å². The Hall–Kier alpha value is -1.74. The van der Waals surface area contributed by atoms with E-state index in [0.717, 1.165) is 17.7 Å². The molecule has 0 aliphatic rings. The maximum Gasteiger partial charge on any atom is 0.163 e. The second-order valence-corrected chi connectivity index (χ2v) is 4.62. The SMILES string of the molecule is O=C(CCc1cccc(Cl)c1)c1ccc(F)c(F)c1. The molecule has 0 radical (unpaired) electrons. The zero-order valence-corrected chi connectivity index (χ0v) is 10.8. The normalized spacial score (nSPS) is 10.5. The van der Waals surface area contributed by atoms with Crippen LogP contribution < -0.4 is 0 Å². The van der Waals surface area contributed by atoms with Gasteiger partial charge in [0.1, 0.15) is 0 Å². The number of carbonyl (C=O) groups excluding carboxylic acids is 1. The standard InChI is InChI=1S/C15H11ClF2O/c16-12-3-1-2-10(8-12)4-7-15(19)11-5-6-13(17)14(18)9-11/h1-3,5-6,8-9H,4,7H2. The van der Waals surface area contributed by atoms with E-state index in [2.05, 4.69) is 0 Å². The fourth-order valence-electron chi connectivity index (χ4n) is 1.76. The van der Waals surface area contributed by atoms with Crippen LogP contribution in [0.5, 0.6) is 0 Å².